The van der Waals surface area contributed by atoms with Crippen molar-refractivity contribution in [2.75, 3.05) is 71.9 Å². The molecule has 0 radical (unpaired) electrons. The van der Waals surface area contributed by atoms with E-state index < -0.39 is 0 Å². The van der Waals surface area contributed by atoms with E-state index in [1.165, 1.54) is 0 Å². The molecule has 1 saturated heterocycles. The molecule has 1 aromatic heterocycles. The van der Waals surface area contributed by atoms with E-state index in [1.807, 2.05) is 24.3 Å². The maximum atomic E-state index is 12.9. The highest BCUT2D eigenvalue weighted by Crippen LogP contribution is 2.40. The number of benzene rings is 2. The van der Waals surface area contributed by atoms with Crippen molar-refractivity contribution >= 4 is 17.5 Å². The molecule has 0 aliphatic carbocycles. The summed E-state index contributed by atoms with van der Waals surface area (Å²) in [7, 11) is 7.84. The topological polar surface area (TPSA) is 108 Å². The summed E-state index contributed by atoms with van der Waals surface area (Å²) in [6.45, 7) is 2.32. The van der Waals surface area contributed by atoms with Crippen LogP contribution in [0, 0.1) is 0 Å². The normalized spacial score (nSPS) is 13.1. The maximum absolute atomic E-state index is 12.9. The molecule has 196 valence electrons. The summed E-state index contributed by atoms with van der Waals surface area (Å²) in [5.74, 6) is 3.55. The third-order valence-electron chi connectivity index (χ3n) is 6.15. The zero-order valence-corrected chi connectivity index (χ0v) is 21.6. The van der Waals surface area contributed by atoms with E-state index in [9.17, 15) is 4.79 Å². The molecule has 2 heterocycles. The van der Waals surface area contributed by atoms with Crippen molar-refractivity contribution in [1.82, 2.24) is 15.1 Å². The number of nitrogens with one attached hydrogen (secondary N) is 1. The Morgan fingerprint density at radius 2 is 1.43 bits per heavy atom. The number of urea groups is 1. The van der Waals surface area contributed by atoms with Gasteiger partial charge >= 0.3 is 6.03 Å². The number of rotatable bonds is 8. The van der Waals surface area contributed by atoms with Crippen LogP contribution in [0.2, 0.25) is 0 Å². The molecular weight excluding hydrogens is 478 g/mol. The van der Waals surface area contributed by atoms with Crippen LogP contribution in [0.4, 0.5) is 16.3 Å². The first-order valence-corrected chi connectivity index (χ1v) is 11.7. The first-order chi connectivity index (χ1) is 18.0. The van der Waals surface area contributed by atoms with Crippen LogP contribution in [0.15, 0.2) is 42.5 Å². The summed E-state index contributed by atoms with van der Waals surface area (Å²) < 4.78 is 26.9. The lowest BCUT2D eigenvalue weighted by Crippen LogP contribution is -2.50. The van der Waals surface area contributed by atoms with Crippen LogP contribution in [0.3, 0.4) is 0 Å². The number of hydrogen-bond acceptors (Lipinski definition) is 9. The second kappa shape index (κ2) is 11.5. The fraction of sp³-hybridized carbons (Fsp3) is 0.346. The summed E-state index contributed by atoms with van der Waals surface area (Å²) in [5, 5.41) is 11.8. The van der Waals surface area contributed by atoms with E-state index in [0.29, 0.717) is 66.3 Å². The molecule has 1 N–H and O–H groups in total. The number of ether oxygens (including phenoxy) is 5. The van der Waals surface area contributed by atoms with E-state index in [1.54, 1.807) is 58.6 Å². The van der Waals surface area contributed by atoms with Gasteiger partial charge in [0, 0.05) is 37.8 Å². The average Bonchev–Trinajstić information content (AvgIpc) is 2.96. The largest absolute Gasteiger partial charge is 0.497 e. The third-order valence-corrected chi connectivity index (χ3v) is 6.15. The molecule has 0 bridgehead atoms. The van der Waals surface area contributed by atoms with Crippen LogP contribution in [0.1, 0.15) is 0 Å². The molecule has 1 fully saturated rings. The summed E-state index contributed by atoms with van der Waals surface area (Å²) in [6, 6.07) is 12.6. The summed E-state index contributed by atoms with van der Waals surface area (Å²) >= 11 is 0. The average molecular weight is 510 g/mol. The Bertz CT molecular complexity index is 1200. The number of nitrogens with zero attached hydrogens (tertiary/aromatic N) is 4. The summed E-state index contributed by atoms with van der Waals surface area (Å²) in [6.07, 6.45) is 0. The lowest BCUT2D eigenvalue weighted by molar-refractivity contribution is 0.208. The molecule has 11 nitrogen and oxygen atoms in total. The molecule has 2 aromatic carbocycles. The number of methoxy groups -OCH3 is 5. The van der Waals surface area contributed by atoms with Crippen molar-refractivity contribution in [2.45, 2.75) is 0 Å². The minimum Gasteiger partial charge on any atom is -0.497 e. The molecule has 0 atom stereocenters. The van der Waals surface area contributed by atoms with Crippen molar-refractivity contribution in [3.8, 4) is 40.0 Å². The van der Waals surface area contributed by atoms with E-state index in [4.69, 9.17) is 23.7 Å². The number of aromatic nitrogens is 2. The van der Waals surface area contributed by atoms with Crippen LogP contribution in [-0.4, -0.2) is 82.9 Å². The second-order valence-electron chi connectivity index (χ2n) is 8.16. The van der Waals surface area contributed by atoms with Gasteiger partial charge in [-0.2, -0.15) is 0 Å². The van der Waals surface area contributed by atoms with Crippen LogP contribution in [0.25, 0.3) is 11.3 Å². The maximum Gasteiger partial charge on any atom is 0.322 e. The standard InChI is InChI=1S/C26H31N5O6/c1-33-18-6-8-21(34-2)20(16-18)27-26(32)31-12-10-30(11-13-31)24-9-7-19(28-29-24)17-14-22(35-3)25(37-5)23(15-17)36-4/h6-9,14-16H,10-13H2,1-5H3,(H,27,32). The van der Waals surface area contributed by atoms with Crippen molar-refractivity contribution < 1.29 is 28.5 Å². The van der Waals surface area contributed by atoms with Gasteiger partial charge in [0.15, 0.2) is 17.3 Å². The smallest absolute Gasteiger partial charge is 0.322 e. The third kappa shape index (κ3) is 5.55. The SMILES string of the molecule is COc1ccc(OC)c(NC(=O)N2CCN(c3ccc(-c4cc(OC)c(OC)c(OC)c4)nn3)CC2)c1. The molecule has 0 saturated carbocycles. The Morgan fingerprint density at radius 1 is 0.757 bits per heavy atom. The van der Waals surface area contributed by atoms with Gasteiger partial charge in [0.05, 0.1) is 46.9 Å². The van der Waals surface area contributed by atoms with E-state index in [-0.39, 0.29) is 6.03 Å². The van der Waals surface area contributed by atoms with E-state index in [0.717, 1.165) is 11.4 Å². The van der Waals surface area contributed by atoms with E-state index >= 15 is 0 Å². The second-order valence-corrected chi connectivity index (χ2v) is 8.16. The lowest BCUT2D eigenvalue weighted by Gasteiger charge is -2.35. The molecule has 11 heteroatoms. The zero-order chi connectivity index (χ0) is 26.4. The minimum absolute atomic E-state index is 0.199. The highest BCUT2D eigenvalue weighted by Gasteiger charge is 2.23. The van der Waals surface area contributed by atoms with Gasteiger partial charge < -0.3 is 38.8 Å². The van der Waals surface area contributed by atoms with Crippen LogP contribution < -0.4 is 33.9 Å². The number of amides is 2. The zero-order valence-electron chi connectivity index (χ0n) is 21.6. The number of carbonyl (C=O) groups is 1. The van der Waals surface area contributed by atoms with Crippen molar-refractivity contribution in [1.29, 1.82) is 0 Å². The molecule has 1 aliphatic rings. The Kier molecular flexibility index (Phi) is 8.02. The van der Waals surface area contributed by atoms with Gasteiger partial charge in [-0.25, -0.2) is 4.79 Å². The van der Waals surface area contributed by atoms with Gasteiger partial charge in [-0.3, -0.25) is 0 Å². The van der Waals surface area contributed by atoms with Crippen molar-refractivity contribution in [3.63, 3.8) is 0 Å². The van der Waals surface area contributed by atoms with Gasteiger partial charge in [0.2, 0.25) is 5.75 Å². The molecule has 37 heavy (non-hydrogen) atoms. The molecular formula is C26H31N5O6. The quantitative estimate of drug-likeness (QED) is 0.488. The van der Waals surface area contributed by atoms with Gasteiger partial charge in [-0.15, -0.1) is 10.2 Å². The fourth-order valence-electron chi connectivity index (χ4n) is 4.12. The van der Waals surface area contributed by atoms with Gasteiger partial charge in [0.25, 0.3) is 0 Å². The van der Waals surface area contributed by atoms with Crippen molar-refractivity contribution in [3.05, 3.63) is 42.5 Å². The predicted molar refractivity (Wildman–Crippen MR) is 139 cm³/mol. The first kappa shape index (κ1) is 25.7. The van der Waals surface area contributed by atoms with E-state index in [2.05, 4.69) is 20.4 Å². The number of carbonyl (C=O) groups excluding carboxylic acids is 1. The van der Waals surface area contributed by atoms with Crippen LogP contribution in [0.5, 0.6) is 28.7 Å². The van der Waals surface area contributed by atoms with Crippen molar-refractivity contribution in [2.24, 2.45) is 0 Å². The number of piperazine rings is 1. The van der Waals surface area contributed by atoms with Crippen LogP contribution >= 0.6 is 0 Å². The fourth-order valence-corrected chi connectivity index (χ4v) is 4.12. The molecule has 1 aliphatic heterocycles. The number of anilines is 2. The predicted octanol–water partition coefficient (Wildman–Crippen LogP) is 3.54. The Morgan fingerprint density at radius 3 is 1.97 bits per heavy atom. The molecule has 3 aromatic rings. The highest BCUT2D eigenvalue weighted by atomic mass is 16.5. The van der Waals surface area contributed by atoms with Gasteiger partial charge in [-0.1, -0.05) is 0 Å². The van der Waals surface area contributed by atoms with Gasteiger partial charge in [0.1, 0.15) is 11.5 Å². The molecule has 2 amide bonds. The lowest BCUT2D eigenvalue weighted by atomic mass is 10.1. The molecule has 0 spiro atoms. The Balaban J connectivity index is 1.40. The highest BCUT2D eigenvalue weighted by molar-refractivity contribution is 5.91. The number of hydrogen-bond donors (Lipinski definition) is 1. The summed E-state index contributed by atoms with van der Waals surface area (Å²) in [5.41, 5.74) is 2.03. The Labute approximate surface area is 215 Å². The monoisotopic (exact) mass is 509 g/mol. The first-order valence-electron chi connectivity index (χ1n) is 11.7. The van der Waals surface area contributed by atoms with Crippen LogP contribution in [-0.2, 0) is 0 Å². The molecule has 4 rings (SSSR count). The van der Waals surface area contributed by atoms with Gasteiger partial charge in [-0.05, 0) is 36.4 Å². The minimum atomic E-state index is -0.199. The Hall–Kier alpha value is -4.41. The molecule has 0 unspecified atom stereocenters. The summed E-state index contributed by atoms with van der Waals surface area (Å²) in [4.78, 5) is 16.7.